The smallest absolute Gasteiger partial charge is 0.161 e. The Kier molecular flexibility index (Phi) is 2.16. The lowest BCUT2D eigenvalue weighted by atomic mass is 10.4. The van der Waals surface area contributed by atoms with Crippen molar-refractivity contribution in [1.29, 1.82) is 0 Å². The molecule has 2 aromatic heterocycles. The summed E-state index contributed by atoms with van der Waals surface area (Å²) in [6.45, 7) is 0.548. The van der Waals surface area contributed by atoms with Crippen LogP contribution in [0.15, 0.2) is 18.2 Å². The van der Waals surface area contributed by atoms with Gasteiger partial charge in [0.25, 0.3) is 0 Å². The molecule has 5 heteroatoms. The average molecular weight is 197 g/mol. The van der Waals surface area contributed by atoms with Crippen LogP contribution in [0.3, 0.4) is 0 Å². The predicted molar refractivity (Wildman–Crippen MR) is 50.8 cm³/mol. The van der Waals surface area contributed by atoms with Gasteiger partial charge in [-0.25, -0.2) is 0 Å². The highest BCUT2D eigenvalue weighted by atomic mass is 35.5. The molecular formula is C8H9ClN4. The molecule has 2 rings (SSSR count). The van der Waals surface area contributed by atoms with E-state index in [0.717, 1.165) is 11.5 Å². The minimum atomic E-state index is 0.548. The first kappa shape index (κ1) is 8.47. The topological polar surface area (TPSA) is 56.2 Å². The van der Waals surface area contributed by atoms with Gasteiger partial charge in [0.2, 0.25) is 0 Å². The Morgan fingerprint density at radius 3 is 3.00 bits per heavy atom. The molecule has 0 aliphatic heterocycles. The number of nitrogens with zero attached hydrogens (tertiary/aromatic N) is 3. The van der Waals surface area contributed by atoms with Gasteiger partial charge < -0.3 is 5.73 Å². The molecule has 0 fully saturated rings. The summed E-state index contributed by atoms with van der Waals surface area (Å²) in [5.74, 6) is 0.808. The number of halogens is 1. The summed E-state index contributed by atoms with van der Waals surface area (Å²) < 4.78 is 1.80. The molecule has 0 aliphatic rings. The van der Waals surface area contributed by atoms with Crippen molar-refractivity contribution in [3.8, 4) is 0 Å². The lowest BCUT2D eigenvalue weighted by Gasteiger charge is -1.99. The zero-order chi connectivity index (χ0) is 9.26. The van der Waals surface area contributed by atoms with Gasteiger partial charge in [-0.3, -0.25) is 4.40 Å². The maximum absolute atomic E-state index is 5.98. The Hall–Kier alpha value is -1.13. The van der Waals surface area contributed by atoms with Crippen LogP contribution in [0, 0.1) is 0 Å². The largest absolute Gasteiger partial charge is 0.330 e. The van der Waals surface area contributed by atoms with Crippen LogP contribution in [0.1, 0.15) is 5.82 Å². The van der Waals surface area contributed by atoms with Gasteiger partial charge in [0.15, 0.2) is 5.65 Å². The van der Waals surface area contributed by atoms with E-state index in [2.05, 4.69) is 10.2 Å². The third kappa shape index (κ3) is 1.38. The first-order chi connectivity index (χ1) is 6.33. The molecule has 0 saturated heterocycles. The van der Waals surface area contributed by atoms with Crippen LogP contribution >= 0.6 is 11.6 Å². The molecular weight excluding hydrogens is 188 g/mol. The molecule has 2 heterocycles. The maximum Gasteiger partial charge on any atom is 0.161 e. The Morgan fingerprint density at radius 1 is 1.38 bits per heavy atom. The van der Waals surface area contributed by atoms with Crippen LogP contribution in [-0.2, 0) is 6.42 Å². The number of hydrogen-bond donors (Lipinski definition) is 1. The Balaban J connectivity index is 2.64. The van der Waals surface area contributed by atoms with Crippen LogP contribution in [-0.4, -0.2) is 21.1 Å². The van der Waals surface area contributed by atoms with E-state index in [0.29, 0.717) is 18.1 Å². The van der Waals surface area contributed by atoms with Gasteiger partial charge >= 0.3 is 0 Å². The van der Waals surface area contributed by atoms with E-state index in [-0.39, 0.29) is 0 Å². The Bertz CT molecular complexity index is 423. The highest BCUT2D eigenvalue weighted by Crippen LogP contribution is 2.13. The van der Waals surface area contributed by atoms with Gasteiger partial charge in [-0.05, 0) is 18.7 Å². The van der Waals surface area contributed by atoms with Gasteiger partial charge in [-0.2, -0.15) is 0 Å². The summed E-state index contributed by atoms with van der Waals surface area (Å²) >= 11 is 5.98. The summed E-state index contributed by atoms with van der Waals surface area (Å²) in [6.07, 6.45) is 0.685. The van der Waals surface area contributed by atoms with E-state index in [1.165, 1.54) is 0 Å². The lowest BCUT2D eigenvalue weighted by Crippen LogP contribution is -2.06. The van der Waals surface area contributed by atoms with Crippen molar-refractivity contribution in [3.63, 3.8) is 0 Å². The first-order valence-corrected chi connectivity index (χ1v) is 4.39. The number of fused-ring (bicyclic) bond motifs is 1. The van der Waals surface area contributed by atoms with E-state index in [1.54, 1.807) is 10.5 Å². The minimum absolute atomic E-state index is 0.548. The van der Waals surface area contributed by atoms with Crippen molar-refractivity contribution in [1.82, 2.24) is 14.6 Å². The van der Waals surface area contributed by atoms with Crippen molar-refractivity contribution in [2.24, 2.45) is 5.73 Å². The molecule has 13 heavy (non-hydrogen) atoms. The van der Waals surface area contributed by atoms with Gasteiger partial charge in [-0.15, -0.1) is 10.2 Å². The third-order valence-corrected chi connectivity index (χ3v) is 2.11. The normalized spacial score (nSPS) is 10.9. The van der Waals surface area contributed by atoms with Gasteiger partial charge in [0.05, 0.1) is 0 Å². The Morgan fingerprint density at radius 2 is 2.23 bits per heavy atom. The van der Waals surface area contributed by atoms with E-state index >= 15 is 0 Å². The zero-order valence-electron chi connectivity index (χ0n) is 6.94. The molecule has 4 nitrogen and oxygen atoms in total. The molecule has 0 spiro atoms. The van der Waals surface area contributed by atoms with Crippen LogP contribution in [0.5, 0.6) is 0 Å². The number of rotatable bonds is 2. The summed E-state index contributed by atoms with van der Waals surface area (Å²) in [4.78, 5) is 0. The molecule has 2 N–H and O–H groups in total. The summed E-state index contributed by atoms with van der Waals surface area (Å²) in [5.41, 5.74) is 6.20. The fourth-order valence-corrected chi connectivity index (χ4v) is 1.51. The second-order valence-corrected chi connectivity index (χ2v) is 3.08. The summed E-state index contributed by atoms with van der Waals surface area (Å²) in [6, 6.07) is 5.51. The van der Waals surface area contributed by atoms with E-state index in [4.69, 9.17) is 17.3 Å². The SMILES string of the molecule is NCCc1nnc2cccc(Cl)n12. The molecule has 68 valence electrons. The van der Waals surface area contributed by atoms with E-state index in [1.807, 2.05) is 12.1 Å². The monoisotopic (exact) mass is 196 g/mol. The van der Waals surface area contributed by atoms with Crippen molar-refractivity contribution in [2.75, 3.05) is 6.54 Å². The van der Waals surface area contributed by atoms with Crippen LogP contribution in [0.2, 0.25) is 5.15 Å². The van der Waals surface area contributed by atoms with Crippen molar-refractivity contribution < 1.29 is 0 Å². The molecule has 0 unspecified atom stereocenters. The van der Waals surface area contributed by atoms with Crippen molar-refractivity contribution in [3.05, 3.63) is 29.2 Å². The maximum atomic E-state index is 5.98. The molecule has 0 saturated carbocycles. The van der Waals surface area contributed by atoms with Crippen LogP contribution in [0.25, 0.3) is 5.65 Å². The predicted octanol–water partition coefficient (Wildman–Crippen LogP) is 0.884. The van der Waals surface area contributed by atoms with E-state index in [9.17, 15) is 0 Å². The second kappa shape index (κ2) is 3.32. The third-order valence-electron chi connectivity index (χ3n) is 1.82. The van der Waals surface area contributed by atoms with Crippen molar-refractivity contribution >= 4 is 17.2 Å². The highest BCUT2D eigenvalue weighted by molar-refractivity contribution is 6.29. The van der Waals surface area contributed by atoms with Crippen molar-refractivity contribution in [2.45, 2.75) is 6.42 Å². The fourth-order valence-electron chi connectivity index (χ4n) is 1.25. The van der Waals surface area contributed by atoms with Gasteiger partial charge in [-0.1, -0.05) is 17.7 Å². The first-order valence-electron chi connectivity index (χ1n) is 4.01. The molecule has 0 aliphatic carbocycles. The number of hydrogen-bond acceptors (Lipinski definition) is 3. The molecule has 0 atom stereocenters. The average Bonchev–Trinajstić information content (AvgIpc) is 2.51. The number of pyridine rings is 1. The minimum Gasteiger partial charge on any atom is -0.330 e. The number of aromatic nitrogens is 3. The molecule has 0 radical (unpaired) electrons. The number of nitrogens with two attached hydrogens (primary N) is 1. The van der Waals surface area contributed by atoms with E-state index < -0.39 is 0 Å². The summed E-state index contributed by atoms with van der Waals surface area (Å²) in [7, 11) is 0. The molecule has 0 aromatic carbocycles. The molecule has 2 aromatic rings. The summed E-state index contributed by atoms with van der Waals surface area (Å²) in [5, 5.41) is 8.58. The Labute approximate surface area is 80.3 Å². The lowest BCUT2D eigenvalue weighted by molar-refractivity contribution is 0.848. The second-order valence-electron chi connectivity index (χ2n) is 2.70. The molecule has 0 bridgehead atoms. The van der Waals surface area contributed by atoms with Gasteiger partial charge in [0, 0.05) is 6.42 Å². The zero-order valence-corrected chi connectivity index (χ0v) is 7.70. The quantitative estimate of drug-likeness (QED) is 0.726. The standard InChI is InChI=1S/C8H9ClN4/c9-6-2-1-3-7-11-12-8(4-5-10)13(6)7/h1-3H,4-5,10H2. The fraction of sp³-hybridized carbons (Fsp3) is 0.250. The van der Waals surface area contributed by atoms with Gasteiger partial charge in [0.1, 0.15) is 11.0 Å². The highest BCUT2D eigenvalue weighted by Gasteiger charge is 2.06. The van der Waals surface area contributed by atoms with Crippen LogP contribution < -0.4 is 5.73 Å². The van der Waals surface area contributed by atoms with Crippen LogP contribution in [0.4, 0.5) is 0 Å². The molecule has 0 amide bonds.